The van der Waals surface area contributed by atoms with Crippen molar-refractivity contribution in [1.82, 2.24) is 5.32 Å². The Balaban J connectivity index is 2.14. The Hall–Kier alpha value is -2.39. The van der Waals surface area contributed by atoms with Crippen LogP contribution in [0.5, 0.6) is 0 Å². The SMILES string of the molecule is C[Si](C)(C)/C(=C\c1ccccc1)NC(=O)/C=C/c1ccccc1. The summed E-state index contributed by atoms with van der Waals surface area (Å²) in [4.78, 5) is 12.2. The Morgan fingerprint density at radius 2 is 1.39 bits per heavy atom. The van der Waals surface area contributed by atoms with E-state index in [-0.39, 0.29) is 5.91 Å². The number of carbonyl (C=O) groups is 1. The van der Waals surface area contributed by atoms with Crippen LogP contribution >= 0.6 is 0 Å². The zero-order valence-electron chi connectivity index (χ0n) is 13.9. The molecule has 0 atom stereocenters. The molecule has 0 aliphatic carbocycles. The van der Waals surface area contributed by atoms with Crippen LogP contribution in [0.2, 0.25) is 19.6 Å². The van der Waals surface area contributed by atoms with Crippen molar-refractivity contribution >= 4 is 26.1 Å². The summed E-state index contributed by atoms with van der Waals surface area (Å²) in [6, 6.07) is 19.9. The van der Waals surface area contributed by atoms with E-state index in [4.69, 9.17) is 0 Å². The number of nitrogens with one attached hydrogen (secondary N) is 1. The number of benzene rings is 2. The molecule has 23 heavy (non-hydrogen) atoms. The molecule has 0 radical (unpaired) electrons. The summed E-state index contributed by atoms with van der Waals surface area (Å²) in [6.45, 7) is 6.68. The van der Waals surface area contributed by atoms with Crippen LogP contribution in [0.25, 0.3) is 12.2 Å². The molecular formula is C20H23NOSi. The summed E-state index contributed by atoms with van der Waals surface area (Å²) in [5, 5.41) is 4.11. The van der Waals surface area contributed by atoms with Crippen LogP contribution in [0.1, 0.15) is 11.1 Å². The maximum atomic E-state index is 12.2. The third kappa shape index (κ3) is 5.72. The second kappa shape index (κ2) is 7.74. The van der Waals surface area contributed by atoms with Crippen LogP contribution in [0.3, 0.4) is 0 Å². The number of carbonyl (C=O) groups excluding carboxylic acids is 1. The van der Waals surface area contributed by atoms with Crippen LogP contribution in [-0.4, -0.2) is 14.0 Å². The standard InChI is InChI=1S/C20H23NOSi/c1-23(2,3)20(16-18-12-8-5-9-13-18)21-19(22)15-14-17-10-6-4-7-11-17/h4-16H,1-3H3,(H,21,22)/b15-14+,20-16-. The van der Waals surface area contributed by atoms with Gasteiger partial charge in [0.1, 0.15) is 0 Å². The van der Waals surface area contributed by atoms with Crippen molar-refractivity contribution in [3.8, 4) is 0 Å². The predicted octanol–water partition coefficient (Wildman–Crippen LogP) is 4.73. The molecule has 2 aromatic carbocycles. The molecule has 0 aromatic heterocycles. The van der Waals surface area contributed by atoms with E-state index in [9.17, 15) is 4.79 Å². The van der Waals surface area contributed by atoms with Gasteiger partial charge in [-0.3, -0.25) is 4.79 Å². The number of amides is 1. The maximum absolute atomic E-state index is 12.2. The van der Waals surface area contributed by atoms with Gasteiger partial charge in [-0.1, -0.05) is 80.3 Å². The van der Waals surface area contributed by atoms with E-state index in [2.05, 4.69) is 31.0 Å². The smallest absolute Gasteiger partial charge is 0.247 e. The number of rotatable bonds is 5. The molecule has 0 aliphatic rings. The van der Waals surface area contributed by atoms with Gasteiger partial charge < -0.3 is 5.32 Å². The Labute approximate surface area is 139 Å². The molecular weight excluding hydrogens is 298 g/mol. The first-order valence-corrected chi connectivity index (χ1v) is 11.3. The van der Waals surface area contributed by atoms with Gasteiger partial charge in [-0.25, -0.2) is 0 Å². The number of hydrogen-bond acceptors (Lipinski definition) is 1. The summed E-state index contributed by atoms with van der Waals surface area (Å²) in [6.07, 6.45) is 5.51. The van der Waals surface area contributed by atoms with Crippen LogP contribution < -0.4 is 5.32 Å². The highest BCUT2D eigenvalue weighted by molar-refractivity contribution is 6.83. The molecule has 0 saturated carbocycles. The van der Waals surface area contributed by atoms with Crippen molar-refractivity contribution < 1.29 is 4.79 Å². The molecule has 0 spiro atoms. The van der Waals surface area contributed by atoms with Gasteiger partial charge in [0.15, 0.2) is 0 Å². The minimum Gasteiger partial charge on any atom is -0.330 e. The highest BCUT2D eigenvalue weighted by Crippen LogP contribution is 2.16. The summed E-state index contributed by atoms with van der Waals surface area (Å²) in [5.41, 5.74) is 2.13. The Kier molecular flexibility index (Phi) is 5.71. The average molecular weight is 321 g/mol. The third-order valence-electron chi connectivity index (χ3n) is 3.40. The molecule has 118 valence electrons. The lowest BCUT2D eigenvalue weighted by atomic mass is 10.2. The predicted molar refractivity (Wildman–Crippen MR) is 101 cm³/mol. The van der Waals surface area contributed by atoms with Crippen LogP contribution in [0.4, 0.5) is 0 Å². The molecule has 2 nitrogen and oxygen atoms in total. The normalized spacial score (nSPS) is 12.4. The first-order valence-electron chi connectivity index (χ1n) is 7.76. The lowest BCUT2D eigenvalue weighted by Gasteiger charge is -2.21. The average Bonchev–Trinajstić information content (AvgIpc) is 2.53. The lowest BCUT2D eigenvalue weighted by molar-refractivity contribution is -0.115. The van der Waals surface area contributed by atoms with E-state index in [1.54, 1.807) is 6.08 Å². The highest BCUT2D eigenvalue weighted by Gasteiger charge is 2.21. The molecule has 2 rings (SSSR count). The first-order chi connectivity index (χ1) is 10.9. The topological polar surface area (TPSA) is 29.1 Å². The van der Waals surface area contributed by atoms with E-state index in [0.717, 1.165) is 16.4 Å². The van der Waals surface area contributed by atoms with E-state index < -0.39 is 8.07 Å². The molecule has 0 fully saturated rings. The minimum atomic E-state index is -1.65. The van der Waals surface area contributed by atoms with Crippen LogP contribution in [0, 0.1) is 0 Å². The molecule has 0 saturated heterocycles. The molecule has 0 heterocycles. The van der Waals surface area contributed by atoms with Crippen molar-refractivity contribution in [3.63, 3.8) is 0 Å². The monoisotopic (exact) mass is 321 g/mol. The van der Waals surface area contributed by atoms with Gasteiger partial charge in [-0.2, -0.15) is 0 Å². The molecule has 0 unspecified atom stereocenters. The highest BCUT2D eigenvalue weighted by atomic mass is 28.3. The second-order valence-corrected chi connectivity index (χ2v) is 11.5. The van der Waals surface area contributed by atoms with Crippen molar-refractivity contribution in [2.24, 2.45) is 0 Å². The summed E-state index contributed by atoms with van der Waals surface area (Å²) in [7, 11) is -1.65. The minimum absolute atomic E-state index is 0.0848. The van der Waals surface area contributed by atoms with Gasteiger partial charge in [0.25, 0.3) is 0 Å². The van der Waals surface area contributed by atoms with Gasteiger partial charge >= 0.3 is 0 Å². The Morgan fingerprint density at radius 1 is 0.870 bits per heavy atom. The van der Waals surface area contributed by atoms with Gasteiger partial charge in [0.05, 0.1) is 8.07 Å². The maximum Gasteiger partial charge on any atom is 0.247 e. The third-order valence-corrected chi connectivity index (χ3v) is 5.29. The second-order valence-electron chi connectivity index (χ2n) is 6.45. The fraction of sp³-hybridized carbons (Fsp3) is 0.150. The van der Waals surface area contributed by atoms with E-state index in [0.29, 0.717) is 0 Å². The van der Waals surface area contributed by atoms with Crippen molar-refractivity contribution in [3.05, 3.63) is 83.2 Å². The summed E-state index contributed by atoms with van der Waals surface area (Å²) < 4.78 is 0. The molecule has 3 heteroatoms. The van der Waals surface area contributed by atoms with Crippen LogP contribution in [0.15, 0.2) is 72.1 Å². The van der Waals surface area contributed by atoms with Gasteiger partial charge in [-0.05, 0) is 23.3 Å². The van der Waals surface area contributed by atoms with Crippen molar-refractivity contribution in [2.75, 3.05) is 0 Å². The Bertz CT molecular complexity index is 697. The molecule has 2 aromatic rings. The Morgan fingerprint density at radius 3 is 1.91 bits per heavy atom. The fourth-order valence-electron chi connectivity index (χ4n) is 2.07. The lowest BCUT2D eigenvalue weighted by Crippen LogP contribution is -2.36. The molecule has 1 amide bonds. The van der Waals surface area contributed by atoms with Crippen LogP contribution in [-0.2, 0) is 4.79 Å². The largest absolute Gasteiger partial charge is 0.330 e. The van der Waals surface area contributed by atoms with Crippen molar-refractivity contribution in [1.29, 1.82) is 0 Å². The zero-order valence-corrected chi connectivity index (χ0v) is 14.9. The van der Waals surface area contributed by atoms with Gasteiger partial charge in [0, 0.05) is 11.4 Å². The van der Waals surface area contributed by atoms with E-state index >= 15 is 0 Å². The van der Waals surface area contributed by atoms with Gasteiger partial charge in [-0.15, -0.1) is 0 Å². The van der Waals surface area contributed by atoms with E-state index in [1.165, 1.54) is 0 Å². The quantitative estimate of drug-likeness (QED) is 0.626. The zero-order chi connectivity index (χ0) is 16.7. The van der Waals surface area contributed by atoms with Crippen molar-refractivity contribution in [2.45, 2.75) is 19.6 Å². The first kappa shape index (κ1) is 17.0. The fourth-order valence-corrected chi connectivity index (χ4v) is 3.16. The molecule has 0 aliphatic heterocycles. The van der Waals surface area contributed by atoms with Gasteiger partial charge in [0.2, 0.25) is 5.91 Å². The number of hydrogen-bond donors (Lipinski definition) is 1. The summed E-state index contributed by atoms with van der Waals surface area (Å²) in [5.74, 6) is -0.0848. The summed E-state index contributed by atoms with van der Waals surface area (Å²) >= 11 is 0. The molecule has 1 N–H and O–H groups in total. The molecule has 0 bridgehead atoms. The van der Waals surface area contributed by atoms with E-state index in [1.807, 2.05) is 66.7 Å².